The van der Waals surface area contributed by atoms with Crippen molar-refractivity contribution in [3.63, 3.8) is 0 Å². The van der Waals surface area contributed by atoms with Gasteiger partial charge in [0.1, 0.15) is 0 Å². The molecule has 0 aromatic carbocycles. The second-order valence-electron chi connectivity index (χ2n) is 6.83. The fourth-order valence-corrected chi connectivity index (χ4v) is 3.98. The molecule has 150 valence electrons. The number of halogens is 1. The third kappa shape index (κ3) is 4.56. The summed E-state index contributed by atoms with van der Waals surface area (Å²) in [5.74, 6) is -0.250. The van der Waals surface area contributed by atoms with E-state index < -0.39 is 0 Å². The SMILES string of the molecule is CSc1ncc(Cl)c(C(=O)NC2CCC(n3cc(-c4cnccn4)cn3)CC2)n1. The highest BCUT2D eigenvalue weighted by Gasteiger charge is 2.25. The van der Waals surface area contributed by atoms with Crippen LogP contribution < -0.4 is 5.32 Å². The van der Waals surface area contributed by atoms with E-state index in [4.69, 9.17) is 11.6 Å². The van der Waals surface area contributed by atoms with Crippen LogP contribution >= 0.6 is 23.4 Å². The summed E-state index contributed by atoms with van der Waals surface area (Å²) in [6.45, 7) is 0. The predicted molar refractivity (Wildman–Crippen MR) is 111 cm³/mol. The van der Waals surface area contributed by atoms with Crippen LogP contribution in [0, 0.1) is 0 Å². The van der Waals surface area contributed by atoms with Gasteiger partial charge in [-0.2, -0.15) is 5.10 Å². The quantitative estimate of drug-likeness (QED) is 0.490. The van der Waals surface area contributed by atoms with E-state index in [-0.39, 0.29) is 22.7 Å². The van der Waals surface area contributed by atoms with Crippen LogP contribution in [0.3, 0.4) is 0 Å². The molecule has 0 atom stereocenters. The molecular weight excluding hydrogens is 410 g/mol. The molecule has 3 heterocycles. The Morgan fingerprint density at radius 2 is 2.00 bits per heavy atom. The van der Waals surface area contributed by atoms with Gasteiger partial charge in [0.05, 0.1) is 35.3 Å². The Morgan fingerprint density at radius 1 is 1.17 bits per heavy atom. The summed E-state index contributed by atoms with van der Waals surface area (Å²) in [5, 5.41) is 8.36. The van der Waals surface area contributed by atoms with Crippen molar-refractivity contribution >= 4 is 29.3 Å². The van der Waals surface area contributed by atoms with E-state index in [1.165, 1.54) is 18.0 Å². The third-order valence-corrected chi connectivity index (χ3v) is 5.82. The average molecular weight is 430 g/mol. The van der Waals surface area contributed by atoms with Crippen LogP contribution in [0.15, 0.2) is 42.3 Å². The highest BCUT2D eigenvalue weighted by Crippen LogP contribution is 2.29. The fraction of sp³-hybridized carbons (Fsp3) is 0.368. The lowest BCUT2D eigenvalue weighted by molar-refractivity contribution is 0.0916. The first-order valence-electron chi connectivity index (χ1n) is 9.32. The van der Waals surface area contributed by atoms with Crippen molar-refractivity contribution in [1.29, 1.82) is 0 Å². The number of aromatic nitrogens is 6. The van der Waals surface area contributed by atoms with Crippen molar-refractivity contribution in [1.82, 2.24) is 35.0 Å². The van der Waals surface area contributed by atoms with E-state index in [1.54, 1.807) is 18.6 Å². The number of amides is 1. The Labute approximate surface area is 177 Å². The van der Waals surface area contributed by atoms with Gasteiger partial charge in [-0.25, -0.2) is 9.97 Å². The molecule has 10 heteroatoms. The lowest BCUT2D eigenvalue weighted by Gasteiger charge is -2.29. The van der Waals surface area contributed by atoms with Gasteiger partial charge in [0.15, 0.2) is 10.9 Å². The Balaban J connectivity index is 1.35. The maximum Gasteiger partial charge on any atom is 0.271 e. The van der Waals surface area contributed by atoms with Gasteiger partial charge in [0.2, 0.25) is 0 Å². The zero-order chi connectivity index (χ0) is 20.2. The maximum atomic E-state index is 12.6. The van der Waals surface area contributed by atoms with Gasteiger partial charge in [-0.3, -0.25) is 19.4 Å². The van der Waals surface area contributed by atoms with E-state index in [0.29, 0.717) is 11.2 Å². The minimum atomic E-state index is -0.250. The topological polar surface area (TPSA) is 98.5 Å². The Hall–Kier alpha value is -2.52. The maximum absolute atomic E-state index is 12.6. The Kier molecular flexibility index (Phi) is 6.05. The lowest BCUT2D eigenvalue weighted by atomic mass is 9.91. The smallest absolute Gasteiger partial charge is 0.271 e. The summed E-state index contributed by atoms with van der Waals surface area (Å²) in [4.78, 5) is 29.3. The molecule has 8 nitrogen and oxygen atoms in total. The molecule has 1 saturated carbocycles. The highest BCUT2D eigenvalue weighted by molar-refractivity contribution is 7.98. The molecule has 0 spiro atoms. The normalized spacial score (nSPS) is 19.1. The van der Waals surface area contributed by atoms with E-state index in [1.807, 2.05) is 23.3 Å². The highest BCUT2D eigenvalue weighted by atomic mass is 35.5. The number of carbonyl (C=O) groups excluding carboxylic acids is 1. The van der Waals surface area contributed by atoms with Crippen LogP contribution in [0.25, 0.3) is 11.3 Å². The van der Waals surface area contributed by atoms with E-state index in [2.05, 4.69) is 30.4 Å². The van der Waals surface area contributed by atoms with Crippen LogP contribution in [-0.2, 0) is 0 Å². The second-order valence-corrected chi connectivity index (χ2v) is 8.01. The molecule has 4 rings (SSSR count). The molecule has 0 bridgehead atoms. The molecule has 0 aliphatic heterocycles. The van der Waals surface area contributed by atoms with Crippen molar-refractivity contribution < 1.29 is 4.79 Å². The third-order valence-electron chi connectivity index (χ3n) is 4.99. The van der Waals surface area contributed by atoms with Crippen molar-refractivity contribution in [3.8, 4) is 11.3 Å². The summed E-state index contributed by atoms with van der Waals surface area (Å²) in [7, 11) is 0. The van der Waals surface area contributed by atoms with E-state index in [0.717, 1.165) is 36.9 Å². The lowest BCUT2D eigenvalue weighted by Crippen LogP contribution is -2.38. The number of hydrogen-bond acceptors (Lipinski definition) is 7. The minimum absolute atomic E-state index is 0.0949. The summed E-state index contributed by atoms with van der Waals surface area (Å²) in [5.41, 5.74) is 2.00. The number of thioether (sulfide) groups is 1. The number of nitrogens with one attached hydrogen (secondary N) is 1. The number of carbonyl (C=O) groups is 1. The number of hydrogen-bond donors (Lipinski definition) is 1. The van der Waals surface area contributed by atoms with Crippen LogP contribution in [0.2, 0.25) is 5.02 Å². The first-order valence-corrected chi connectivity index (χ1v) is 10.9. The molecular formula is C19H20ClN7OS. The molecule has 0 saturated heterocycles. The first-order chi connectivity index (χ1) is 14.1. The Bertz CT molecular complexity index is 989. The van der Waals surface area contributed by atoms with Gasteiger partial charge in [0, 0.05) is 30.2 Å². The molecule has 1 N–H and O–H groups in total. The molecule has 3 aromatic rings. The minimum Gasteiger partial charge on any atom is -0.348 e. The van der Waals surface area contributed by atoms with Crippen molar-refractivity contribution in [2.24, 2.45) is 0 Å². The van der Waals surface area contributed by atoms with E-state index in [9.17, 15) is 4.79 Å². The van der Waals surface area contributed by atoms with Crippen LogP contribution in [0.1, 0.15) is 42.2 Å². The molecule has 1 amide bonds. The van der Waals surface area contributed by atoms with Gasteiger partial charge in [0.25, 0.3) is 5.91 Å². The van der Waals surface area contributed by atoms with Crippen molar-refractivity contribution in [2.75, 3.05) is 6.26 Å². The standard InChI is InChI=1S/C19H20ClN7OS/c1-29-19-23-9-15(20)17(26-19)18(28)25-13-2-4-14(5-3-13)27-11-12(8-24-27)16-10-21-6-7-22-16/h6-11,13-14H,2-5H2,1H3,(H,25,28). The molecule has 29 heavy (non-hydrogen) atoms. The van der Waals surface area contributed by atoms with Gasteiger partial charge in [-0.15, -0.1) is 0 Å². The zero-order valence-electron chi connectivity index (χ0n) is 15.8. The first kappa shape index (κ1) is 19.8. The fourth-order valence-electron chi connectivity index (χ4n) is 3.47. The molecule has 1 aliphatic carbocycles. The summed E-state index contributed by atoms with van der Waals surface area (Å²) < 4.78 is 1.99. The second kappa shape index (κ2) is 8.87. The summed E-state index contributed by atoms with van der Waals surface area (Å²) >= 11 is 7.48. The summed E-state index contributed by atoms with van der Waals surface area (Å²) in [6, 6.07) is 0.400. The monoisotopic (exact) mass is 429 g/mol. The van der Waals surface area contributed by atoms with Gasteiger partial charge < -0.3 is 5.32 Å². The predicted octanol–water partition coefficient (Wildman–Crippen LogP) is 3.42. The molecule has 3 aromatic heterocycles. The molecule has 1 fully saturated rings. The van der Waals surface area contributed by atoms with E-state index >= 15 is 0 Å². The molecule has 0 radical (unpaired) electrons. The Morgan fingerprint density at radius 3 is 2.72 bits per heavy atom. The van der Waals surface area contributed by atoms with Crippen LogP contribution in [0.4, 0.5) is 0 Å². The molecule has 1 aliphatic rings. The van der Waals surface area contributed by atoms with Crippen LogP contribution in [-0.4, -0.2) is 47.9 Å². The summed E-state index contributed by atoms with van der Waals surface area (Å²) in [6.07, 6.45) is 15.8. The average Bonchev–Trinajstić information content (AvgIpc) is 3.25. The van der Waals surface area contributed by atoms with Gasteiger partial charge in [-0.05, 0) is 31.9 Å². The van der Waals surface area contributed by atoms with Gasteiger partial charge in [-0.1, -0.05) is 23.4 Å². The molecule has 0 unspecified atom stereocenters. The van der Waals surface area contributed by atoms with Crippen molar-refractivity contribution in [3.05, 3.63) is 47.9 Å². The largest absolute Gasteiger partial charge is 0.348 e. The van der Waals surface area contributed by atoms with Gasteiger partial charge >= 0.3 is 0 Å². The van der Waals surface area contributed by atoms with Crippen LogP contribution in [0.5, 0.6) is 0 Å². The zero-order valence-corrected chi connectivity index (χ0v) is 17.4. The number of nitrogens with zero attached hydrogens (tertiary/aromatic N) is 6. The van der Waals surface area contributed by atoms with Crippen molar-refractivity contribution in [2.45, 2.75) is 42.9 Å². The number of rotatable bonds is 5.